The largest absolute Gasteiger partial charge is 0.339 e. The van der Waals surface area contributed by atoms with E-state index in [2.05, 4.69) is 11.9 Å². The molecule has 1 aliphatic heterocycles. The normalized spacial score (nSPS) is 20.9. The molecular weight excluding hydrogens is 330 g/mol. The summed E-state index contributed by atoms with van der Waals surface area (Å²) in [6.07, 6.45) is 1.33. The molecule has 122 valence electrons. The molecule has 2 heterocycles. The molecule has 1 aromatic carbocycles. The molecule has 4 nitrogen and oxygen atoms in total. The van der Waals surface area contributed by atoms with E-state index in [4.69, 9.17) is 17.3 Å². The predicted octanol–water partition coefficient (Wildman–Crippen LogP) is 3.20. The van der Waals surface area contributed by atoms with Gasteiger partial charge in [0.15, 0.2) is 0 Å². The highest BCUT2D eigenvalue weighted by Crippen LogP contribution is 2.30. The smallest absolute Gasteiger partial charge is 0.228 e. The first-order valence-electron chi connectivity index (χ1n) is 7.77. The molecule has 3 rings (SSSR count). The SMILES string of the molecule is CC1CC(CN)CN1C(=O)Cc1csc(-c2ccccc2Cl)n1. The van der Waals surface area contributed by atoms with Crippen molar-refractivity contribution in [1.29, 1.82) is 0 Å². The van der Waals surface area contributed by atoms with Gasteiger partial charge in [0.05, 0.1) is 17.1 Å². The molecule has 1 saturated heterocycles. The third-order valence-electron chi connectivity index (χ3n) is 4.30. The number of rotatable bonds is 4. The van der Waals surface area contributed by atoms with E-state index in [0.717, 1.165) is 29.2 Å². The van der Waals surface area contributed by atoms with Gasteiger partial charge in [0.1, 0.15) is 5.01 Å². The molecule has 2 N–H and O–H groups in total. The zero-order valence-electron chi connectivity index (χ0n) is 13.0. The fourth-order valence-electron chi connectivity index (χ4n) is 3.06. The summed E-state index contributed by atoms with van der Waals surface area (Å²) >= 11 is 7.73. The lowest BCUT2D eigenvalue weighted by Gasteiger charge is -2.21. The molecule has 1 aromatic heterocycles. The van der Waals surface area contributed by atoms with Crippen LogP contribution in [0.2, 0.25) is 5.02 Å². The first kappa shape index (κ1) is 16.4. The Morgan fingerprint density at radius 1 is 1.48 bits per heavy atom. The van der Waals surface area contributed by atoms with Crippen molar-refractivity contribution in [2.24, 2.45) is 11.7 Å². The molecule has 0 spiro atoms. The van der Waals surface area contributed by atoms with E-state index in [-0.39, 0.29) is 11.9 Å². The minimum atomic E-state index is 0.129. The Balaban J connectivity index is 1.70. The molecule has 2 unspecified atom stereocenters. The second-order valence-corrected chi connectivity index (χ2v) is 7.30. The summed E-state index contributed by atoms with van der Waals surface area (Å²) in [5.74, 6) is 0.549. The molecule has 0 saturated carbocycles. The van der Waals surface area contributed by atoms with Gasteiger partial charge in [0.2, 0.25) is 5.91 Å². The van der Waals surface area contributed by atoms with Crippen molar-refractivity contribution in [1.82, 2.24) is 9.88 Å². The Bertz CT molecular complexity index is 703. The van der Waals surface area contributed by atoms with Crippen molar-refractivity contribution >= 4 is 28.8 Å². The fraction of sp³-hybridized carbons (Fsp3) is 0.412. The predicted molar refractivity (Wildman–Crippen MR) is 94.6 cm³/mol. The number of nitrogens with two attached hydrogens (primary N) is 1. The number of nitrogens with zero attached hydrogens (tertiary/aromatic N) is 2. The number of likely N-dealkylation sites (tertiary alicyclic amines) is 1. The highest BCUT2D eigenvalue weighted by atomic mass is 35.5. The molecule has 0 bridgehead atoms. The standard InChI is InChI=1S/C17H20ClN3OS/c1-11-6-12(8-19)9-21(11)16(22)7-13-10-23-17(20-13)14-4-2-3-5-15(14)18/h2-5,10-12H,6-9,19H2,1H3. The van der Waals surface area contributed by atoms with Crippen LogP contribution in [0.25, 0.3) is 10.6 Å². The van der Waals surface area contributed by atoms with Crippen LogP contribution >= 0.6 is 22.9 Å². The van der Waals surface area contributed by atoms with Gasteiger partial charge in [-0.15, -0.1) is 11.3 Å². The van der Waals surface area contributed by atoms with Crippen LogP contribution in [-0.2, 0) is 11.2 Å². The molecule has 23 heavy (non-hydrogen) atoms. The number of aromatic nitrogens is 1. The Morgan fingerprint density at radius 2 is 2.26 bits per heavy atom. The highest BCUT2D eigenvalue weighted by Gasteiger charge is 2.31. The van der Waals surface area contributed by atoms with E-state index >= 15 is 0 Å². The highest BCUT2D eigenvalue weighted by molar-refractivity contribution is 7.13. The molecular formula is C17H20ClN3OS. The molecule has 2 aromatic rings. The first-order valence-corrected chi connectivity index (χ1v) is 9.03. The van der Waals surface area contributed by atoms with Crippen LogP contribution in [0.15, 0.2) is 29.6 Å². The zero-order chi connectivity index (χ0) is 16.4. The summed E-state index contributed by atoms with van der Waals surface area (Å²) < 4.78 is 0. The van der Waals surface area contributed by atoms with Gasteiger partial charge in [-0.3, -0.25) is 4.79 Å². The number of amides is 1. The molecule has 0 aliphatic carbocycles. The molecule has 1 amide bonds. The summed E-state index contributed by atoms with van der Waals surface area (Å²) in [7, 11) is 0. The van der Waals surface area contributed by atoms with Crippen LogP contribution in [0, 0.1) is 5.92 Å². The fourth-order valence-corrected chi connectivity index (χ4v) is 4.20. The van der Waals surface area contributed by atoms with Crippen molar-refractivity contribution in [3.05, 3.63) is 40.4 Å². The van der Waals surface area contributed by atoms with E-state index < -0.39 is 0 Å². The van der Waals surface area contributed by atoms with Crippen LogP contribution in [-0.4, -0.2) is 34.9 Å². The summed E-state index contributed by atoms with van der Waals surface area (Å²) in [5.41, 5.74) is 7.45. The van der Waals surface area contributed by atoms with E-state index in [1.54, 1.807) is 0 Å². The average Bonchev–Trinajstić information content (AvgIpc) is 3.14. The molecule has 6 heteroatoms. The van der Waals surface area contributed by atoms with Crippen LogP contribution in [0.5, 0.6) is 0 Å². The topological polar surface area (TPSA) is 59.2 Å². The Hall–Kier alpha value is -1.43. The molecule has 0 radical (unpaired) electrons. The number of carbonyl (C=O) groups is 1. The number of halogens is 1. The summed E-state index contributed by atoms with van der Waals surface area (Å²) in [6, 6.07) is 7.89. The van der Waals surface area contributed by atoms with Crippen molar-refractivity contribution in [2.45, 2.75) is 25.8 Å². The minimum Gasteiger partial charge on any atom is -0.339 e. The summed E-state index contributed by atoms with van der Waals surface area (Å²) in [6.45, 7) is 3.49. The summed E-state index contributed by atoms with van der Waals surface area (Å²) in [5, 5.41) is 3.48. The number of benzene rings is 1. The molecule has 1 aliphatic rings. The average molecular weight is 350 g/mol. The second-order valence-electron chi connectivity index (χ2n) is 6.03. The van der Waals surface area contributed by atoms with Gasteiger partial charge in [0, 0.05) is 23.5 Å². The first-order chi connectivity index (χ1) is 11.1. The van der Waals surface area contributed by atoms with Crippen LogP contribution in [0.1, 0.15) is 19.0 Å². The number of hydrogen-bond acceptors (Lipinski definition) is 4. The Labute approximate surface area is 145 Å². The lowest BCUT2D eigenvalue weighted by Crippen LogP contribution is -2.35. The van der Waals surface area contributed by atoms with Gasteiger partial charge in [-0.1, -0.05) is 29.8 Å². The van der Waals surface area contributed by atoms with Crippen LogP contribution < -0.4 is 5.73 Å². The van der Waals surface area contributed by atoms with Crippen molar-refractivity contribution in [3.63, 3.8) is 0 Å². The second kappa shape index (κ2) is 6.99. The third-order valence-corrected chi connectivity index (χ3v) is 5.56. The maximum Gasteiger partial charge on any atom is 0.228 e. The minimum absolute atomic E-state index is 0.129. The quantitative estimate of drug-likeness (QED) is 0.922. The third kappa shape index (κ3) is 3.57. The van der Waals surface area contributed by atoms with E-state index in [1.807, 2.05) is 34.5 Å². The van der Waals surface area contributed by atoms with Gasteiger partial charge in [-0.05, 0) is 31.9 Å². The Kier molecular flexibility index (Phi) is 4.99. The van der Waals surface area contributed by atoms with Gasteiger partial charge in [-0.25, -0.2) is 4.98 Å². The zero-order valence-corrected chi connectivity index (χ0v) is 14.6. The van der Waals surface area contributed by atoms with Crippen LogP contribution in [0.3, 0.4) is 0 Å². The van der Waals surface area contributed by atoms with E-state index in [0.29, 0.717) is 23.9 Å². The monoisotopic (exact) mass is 349 g/mol. The van der Waals surface area contributed by atoms with Crippen LogP contribution in [0.4, 0.5) is 0 Å². The van der Waals surface area contributed by atoms with Gasteiger partial charge in [-0.2, -0.15) is 0 Å². The van der Waals surface area contributed by atoms with Crippen molar-refractivity contribution < 1.29 is 4.79 Å². The molecule has 2 atom stereocenters. The van der Waals surface area contributed by atoms with Crippen molar-refractivity contribution in [3.8, 4) is 10.6 Å². The summed E-state index contributed by atoms with van der Waals surface area (Å²) in [4.78, 5) is 19.0. The van der Waals surface area contributed by atoms with Crippen molar-refractivity contribution in [2.75, 3.05) is 13.1 Å². The van der Waals surface area contributed by atoms with Gasteiger partial charge in [0.25, 0.3) is 0 Å². The van der Waals surface area contributed by atoms with E-state index in [9.17, 15) is 4.79 Å². The number of carbonyl (C=O) groups excluding carboxylic acids is 1. The maximum atomic E-state index is 12.5. The number of thiazole rings is 1. The van der Waals surface area contributed by atoms with Gasteiger partial charge >= 0.3 is 0 Å². The van der Waals surface area contributed by atoms with E-state index in [1.165, 1.54) is 11.3 Å². The number of hydrogen-bond donors (Lipinski definition) is 1. The Morgan fingerprint density at radius 3 is 2.96 bits per heavy atom. The van der Waals surface area contributed by atoms with Gasteiger partial charge < -0.3 is 10.6 Å². The maximum absolute atomic E-state index is 12.5. The lowest BCUT2D eigenvalue weighted by molar-refractivity contribution is -0.131. The lowest BCUT2D eigenvalue weighted by atomic mass is 10.1. The molecule has 1 fully saturated rings.